The van der Waals surface area contributed by atoms with Gasteiger partial charge in [-0.2, -0.15) is 0 Å². The monoisotopic (exact) mass is 430 g/mol. The molecule has 0 spiro atoms. The number of rotatable bonds is 9. The van der Waals surface area contributed by atoms with E-state index in [4.69, 9.17) is 4.74 Å². The summed E-state index contributed by atoms with van der Waals surface area (Å²) in [6.45, 7) is 6.00. The summed E-state index contributed by atoms with van der Waals surface area (Å²) in [6.07, 6.45) is 0.610. The molecule has 3 aromatic carbocycles. The van der Waals surface area contributed by atoms with E-state index in [0.29, 0.717) is 17.3 Å². The number of ether oxygens (including phenoxy) is 1. The van der Waals surface area contributed by atoms with E-state index in [-0.39, 0.29) is 18.2 Å². The van der Waals surface area contributed by atoms with E-state index in [1.165, 1.54) is 0 Å². The van der Waals surface area contributed by atoms with E-state index in [1.807, 2.05) is 54.6 Å². The van der Waals surface area contributed by atoms with Gasteiger partial charge in [-0.1, -0.05) is 68.4 Å². The summed E-state index contributed by atoms with van der Waals surface area (Å²) < 4.78 is 5.98. The first kappa shape index (κ1) is 23.1. The zero-order valence-electron chi connectivity index (χ0n) is 18.8. The zero-order chi connectivity index (χ0) is 22.9. The Labute approximate surface area is 189 Å². The molecule has 0 fully saturated rings. The standard InChI is InChI=1S/C27H30N2O3/c1-4-19(2)24-15-8-9-16-25(24)32-20(3)27(31)29-23-14-10-13-22(18-23)28-26(30)17-21-11-6-5-7-12-21/h5-16,18-20H,4,17H2,1-3H3,(H,28,30)(H,29,31). The highest BCUT2D eigenvalue weighted by Gasteiger charge is 2.18. The molecular formula is C27H30N2O3. The summed E-state index contributed by atoms with van der Waals surface area (Å²) in [6, 6.07) is 24.5. The van der Waals surface area contributed by atoms with Crippen LogP contribution in [-0.2, 0) is 16.0 Å². The van der Waals surface area contributed by atoms with Gasteiger partial charge in [0, 0.05) is 11.4 Å². The molecule has 3 aromatic rings. The van der Waals surface area contributed by atoms with Gasteiger partial charge < -0.3 is 15.4 Å². The van der Waals surface area contributed by atoms with Crippen LogP contribution in [-0.4, -0.2) is 17.9 Å². The maximum absolute atomic E-state index is 12.7. The van der Waals surface area contributed by atoms with Crippen molar-refractivity contribution in [2.24, 2.45) is 0 Å². The third-order valence-electron chi connectivity index (χ3n) is 5.36. The smallest absolute Gasteiger partial charge is 0.265 e. The van der Waals surface area contributed by atoms with Crippen molar-refractivity contribution in [2.75, 3.05) is 10.6 Å². The molecule has 0 bridgehead atoms. The van der Waals surface area contributed by atoms with Crippen molar-refractivity contribution < 1.29 is 14.3 Å². The summed E-state index contributed by atoms with van der Waals surface area (Å²) in [5.41, 5.74) is 3.26. The van der Waals surface area contributed by atoms with Crippen LogP contribution in [0.2, 0.25) is 0 Å². The lowest BCUT2D eigenvalue weighted by atomic mass is 9.98. The van der Waals surface area contributed by atoms with Crippen LogP contribution in [0, 0.1) is 0 Å². The molecule has 3 rings (SSSR count). The summed E-state index contributed by atoms with van der Waals surface area (Å²) in [5, 5.41) is 5.75. The van der Waals surface area contributed by atoms with Crippen LogP contribution >= 0.6 is 0 Å². The van der Waals surface area contributed by atoms with Crippen molar-refractivity contribution in [1.29, 1.82) is 0 Å². The number of anilines is 2. The minimum absolute atomic E-state index is 0.113. The van der Waals surface area contributed by atoms with Crippen LogP contribution in [0.1, 0.15) is 44.2 Å². The van der Waals surface area contributed by atoms with Crippen LogP contribution in [0.5, 0.6) is 5.75 Å². The molecule has 2 N–H and O–H groups in total. The number of carbonyl (C=O) groups is 2. The Bertz CT molecular complexity index is 1050. The highest BCUT2D eigenvalue weighted by Crippen LogP contribution is 2.29. The molecule has 2 amide bonds. The van der Waals surface area contributed by atoms with Crippen molar-refractivity contribution >= 4 is 23.2 Å². The van der Waals surface area contributed by atoms with Crippen LogP contribution in [0.25, 0.3) is 0 Å². The number of para-hydroxylation sites is 1. The molecule has 0 saturated heterocycles. The second-order valence-corrected chi connectivity index (χ2v) is 7.89. The maximum atomic E-state index is 12.7. The molecule has 0 aliphatic carbocycles. The van der Waals surface area contributed by atoms with Crippen molar-refractivity contribution in [1.82, 2.24) is 0 Å². The van der Waals surface area contributed by atoms with Crippen LogP contribution in [0.15, 0.2) is 78.9 Å². The van der Waals surface area contributed by atoms with Gasteiger partial charge in [-0.25, -0.2) is 0 Å². The molecule has 0 radical (unpaired) electrons. The van der Waals surface area contributed by atoms with E-state index in [0.717, 1.165) is 23.3 Å². The number of nitrogens with one attached hydrogen (secondary N) is 2. The highest BCUT2D eigenvalue weighted by atomic mass is 16.5. The van der Waals surface area contributed by atoms with Crippen molar-refractivity contribution in [2.45, 2.75) is 45.6 Å². The fourth-order valence-electron chi connectivity index (χ4n) is 3.36. The summed E-state index contributed by atoms with van der Waals surface area (Å²) in [5.74, 6) is 0.707. The Hall–Kier alpha value is -3.60. The molecule has 32 heavy (non-hydrogen) atoms. The average Bonchev–Trinajstić information content (AvgIpc) is 2.79. The van der Waals surface area contributed by atoms with Gasteiger partial charge in [0.15, 0.2) is 6.10 Å². The molecule has 5 heteroatoms. The first-order valence-corrected chi connectivity index (χ1v) is 11.0. The van der Waals surface area contributed by atoms with Crippen molar-refractivity contribution in [3.05, 3.63) is 90.0 Å². The van der Waals surface area contributed by atoms with Gasteiger partial charge in [-0.15, -0.1) is 0 Å². The van der Waals surface area contributed by atoms with Crippen LogP contribution < -0.4 is 15.4 Å². The number of hydrogen-bond donors (Lipinski definition) is 2. The topological polar surface area (TPSA) is 67.4 Å². The highest BCUT2D eigenvalue weighted by molar-refractivity contribution is 5.96. The van der Waals surface area contributed by atoms with E-state index in [9.17, 15) is 9.59 Å². The molecule has 0 aromatic heterocycles. The summed E-state index contributed by atoms with van der Waals surface area (Å²) in [4.78, 5) is 25.0. The minimum Gasteiger partial charge on any atom is -0.481 e. The molecule has 2 unspecified atom stereocenters. The quantitative estimate of drug-likeness (QED) is 0.452. The first-order valence-electron chi connectivity index (χ1n) is 11.0. The van der Waals surface area contributed by atoms with Crippen LogP contribution in [0.3, 0.4) is 0 Å². The summed E-state index contributed by atoms with van der Waals surface area (Å²) >= 11 is 0. The molecule has 0 aliphatic heterocycles. The van der Waals surface area contributed by atoms with Gasteiger partial charge in [-0.3, -0.25) is 9.59 Å². The minimum atomic E-state index is -0.670. The zero-order valence-corrected chi connectivity index (χ0v) is 18.8. The Morgan fingerprint density at radius 3 is 2.22 bits per heavy atom. The first-order chi connectivity index (χ1) is 15.5. The number of carbonyl (C=O) groups excluding carboxylic acids is 2. The lowest BCUT2D eigenvalue weighted by Crippen LogP contribution is -2.30. The Balaban J connectivity index is 1.60. The van der Waals surface area contributed by atoms with E-state index < -0.39 is 6.10 Å². The third-order valence-corrected chi connectivity index (χ3v) is 5.36. The number of hydrogen-bond acceptors (Lipinski definition) is 3. The van der Waals surface area contributed by atoms with Gasteiger partial charge in [0.1, 0.15) is 5.75 Å². The van der Waals surface area contributed by atoms with Gasteiger partial charge in [0.05, 0.1) is 6.42 Å². The Morgan fingerprint density at radius 2 is 1.50 bits per heavy atom. The third kappa shape index (κ3) is 6.45. The molecule has 166 valence electrons. The van der Waals surface area contributed by atoms with Gasteiger partial charge >= 0.3 is 0 Å². The predicted octanol–water partition coefficient (Wildman–Crippen LogP) is 5.79. The molecular weight excluding hydrogens is 400 g/mol. The van der Waals surface area contributed by atoms with E-state index in [1.54, 1.807) is 31.2 Å². The molecule has 0 aliphatic rings. The Kier molecular flexibility index (Phi) is 8.03. The van der Waals surface area contributed by atoms with Gasteiger partial charge in [0.25, 0.3) is 5.91 Å². The van der Waals surface area contributed by atoms with E-state index in [2.05, 4.69) is 24.5 Å². The normalized spacial score (nSPS) is 12.5. The Morgan fingerprint density at radius 1 is 0.844 bits per heavy atom. The second-order valence-electron chi connectivity index (χ2n) is 7.89. The van der Waals surface area contributed by atoms with Gasteiger partial charge in [-0.05, 0) is 54.7 Å². The largest absolute Gasteiger partial charge is 0.481 e. The molecule has 0 saturated carbocycles. The van der Waals surface area contributed by atoms with Gasteiger partial charge in [0.2, 0.25) is 5.91 Å². The maximum Gasteiger partial charge on any atom is 0.265 e. The average molecular weight is 431 g/mol. The second kappa shape index (κ2) is 11.1. The predicted molar refractivity (Wildman–Crippen MR) is 129 cm³/mol. The van der Waals surface area contributed by atoms with Crippen LogP contribution in [0.4, 0.5) is 11.4 Å². The molecule has 0 heterocycles. The fourth-order valence-corrected chi connectivity index (χ4v) is 3.36. The lowest BCUT2D eigenvalue weighted by molar-refractivity contribution is -0.122. The SMILES string of the molecule is CCC(C)c1ccccc1OC(C)C(=O)Nc1cccc(NC(=O)Cc2ccccc2)c1. The van der Waals surface area contributed by atoms with Crippen molar-refractivity contribution in [3.63, 3.8) is 0 Å². The van der Waals surface area contributed by atoms with E-state index >= 15 is 0 Å². The summed E-state index contributed by atoms with van der Waals surface area (Å²) in [7, 11) is 0. The number of benzene rings is 3. The number of amides is 2. The lowest BCUT2D eigenvalue weighted by Gasteiger charge is -2.20. The van der Waals surface area contributed by atoms with Crippen molar-refractivity contribution in [3.8, 4) is 5.75 Å². The molecule has 2 atom stereocenters. The fraction of sp³-hybridized carbons (Fsp3) is 0.259. The molecule has 5 nitrogen and oxygen atoms in total.